The molecule has 0 aliphatic heterocycles. The molecule has 0 aromatic heterocycles. The Balaban J connectivity index is 0.911. The van der Waals surface area contributed by atoms with Crippen molar-refractivity contribution in [3.8, 4) is 33.4 Å². The fourth-order valence-corrected chi connectivity index (χ4v) is 10.7. The Morgan fingerprint density at radius 1 is 0.406 bits per heavy atom. The summed E-state index contributed by atoms with van der Waals surface area (Å²) in [4.78, 5) is 2.45. The van der Waals surface area contributed by atoms with E-state index in [4.69, 9.17) is 0 Å². The van der Waals surface area contributed by atoms with Crippen LogP contribution < -0.4 is 4.90 Å². The minimum Gasteiger partial charge on any atom is -0.310 e. The maximum atomic E-state index is 2.46. The third kappa shape index (κ3) is 6.31. The Kier molecular flexibility index (Phi) is 9.27. The first-order chi connectivity index (χ1) is 31.7. The zero-order chi connectivity index (χ0) is 42.5. The van der Waals surface area contributed by atoms with Crippen molar-refractivity contribution in [2.75, 3.05) is 4.90 Å². The topological polar surface area (TPSA) is 3.24 Å². The summed E-state index contributed by atoms with van der Waals surface area (Å²) in [6.07, 6.45) is 5.65. The van der Waals surface area contributed by atoms with Crippen molar-refractivity contribution < 1.29 is 0 Å². The van der Waals surface area contributed by atoms with Gasteiger partial charge in [0.05, 0.1) is 11.1 Å². The van der Waals surface area contributed by atoms with Gasteiger partial charge in [-0.1, -0.05) is 218 Å². The van der Waals surface area contributed by atoms with Gasteiger partial charge in [0.25, 0.3) is 0 Å². The van der Waals surface area contributed by atoms with Gasteiger partial charge in [-0.3, -0.25) is 0 Å². The summed E-state index contributed by atoms with van der Waals surface area (Å²) in [7, 11) is 0. The van der Waals surface area contributed by atoms with Crippen LogP contribution in [0.25, 0.3) is 50.2 Å². The molecule has 0 N–H and O–H groups in total. The van der Waals surface area contributed by atoms with Crippen LogP contribution >= 0.6 is 0 Å². The lowest BCUT2D eigenvalue weighted by atomic mass is 9.67. The lowest BCUT2D eigenvalue weighted by Crippen LogP contribution is -2.28. The summed E-state index contributed by atoms with van der Waals surface area (Å²) < 4.78 is 0. The van der Waals surface area contributed by atoms with Crippen LogP contribution in [0.2, 0.25) is 0 Å². The van der Waals surface area contributed by atoms with E-state index >= 15 is 0 Å². The van der Waals surface area contributed by atoms with Crippen LogP contribution in [-0.2, 0) is 11.8 Å². The summed E-state index contributed by atoms with van der Waals surface area (Å²) in [6, 6.07) is 89.6. The Hall–Kier alpha value is -8.00. The van der Waals surface area contributed by atoms with Gasteiger partial charge >= 0.3 is 0 Å². The molecule has 10 aromatic rings. The number of rotatable bonds is 9. The molecule has 0 saturated heterocycles. The quantitative estimate of drug-likeness (QED) is 0.140. The van der Waals surface area contributed by atoms with Crippen LogP contribution in [0.4, 0.5) is 17.1 Å². The van der Waals surface area contributed by atoms with E-state index in [0.717, 1.165) is 23.5 Å². The highest BCUT2D eigenvalue weighted by molar-refractivity contribution is 6.00. The molecule has 0 bridgehead atoms. The minimum atomic E-state index is -0.492. The SMILES string of the molecule is C1=C[C@H](Cc2ccc(-c3ccc(N(c4ccc5c(c4)C(c4ccccc4)(c4ccccc4)c4ccccc4-5)c4cccc5ccccc45)cc3)cc2)c2ccc(-c3ccccc3)cc21. The van der Waals surface area contributed by atoms with Crippen molar-refractivity contribution >= 4 is 33.9 Å². The highest BCUT2D eigenvalue weighted by Gasteiger charge is 2.46. The smallest absolute Gasteiger partial charge is 0.0714 e. The van der Waals surface area contributed by atoms with Gasteiger partial charge < -0.3 is 4.90 Å². The van der Waals surface area contributed by atoms with E-state index in [-0.39, 0.29) is 0 Å². The molecule has 0 radical (unpaired) electrons. The zero-order valence-electron chi connectivity index (χ0n) is 35.5. The lowest BCUT2D eigenvalue weighted by molar-refractivity contribution is 0.768. The summed E-state index contributed by atoms with van der Waals surface area (Å²) in [6.45, 7) is 0. The van der Waals surface area contributed by atoms with Gasteiger partial charge in [0.1, 0.15) is 0 Å². The van der Waals surface area contributed by atoms with Gasteiger partial charge in [0.15, 0.2) is 0 Å². The third-order valence-corrected chi connectivity index (χ3v) is 13.7. The Bertz CT molecular complexity index is 3280. The normalized spacial score (nSPS) is 14.2. The molecule has 1 atom stereocenters. The molecule has 1 nitrogen and oxygen atoms in total. The fourth-order valence-electron chi connectivity index (χ4n) is 10.7. The monoisotopic (exact) mass is 815 g/mol. The van der Waals surface area contributed by atoms with Gasteiger partial charge in [-0.25, -0.2) is 0 Å². The molecule has 2 aliphatic carbocycles. The number of hydrogen-bond acceptors (Lipinski definition) is 1. The summed E-state index contributed by atoms with van der Waals surface area (Å²) in [5.41, 5.74) is 19.6. The van der Waals surface area contributed by atoms with Crippen molar-refractivity contribution in [1.29, 1.82) is 0 Å². The molecule has 0 fully saturated rings. The highest BCUT2D eigenvalue weighted by Crippen LogP contribution is 2.57. The van der Waals surface area contributed by atoms with Crippen molar-refractivity contribution in [1.82, 2.24) is 0 Å². The van der Waals surface area contributed by atoms with Gasteiger partial charge in [0.2, 0.25) is 0 Å². The van der Waals surface area contributed by atoms with E-state index in [9.17, 15) is 0 Å². The van der Waals surface area contributed by atoms with Crippen molar-refractivity contribution in [2.45, 2.75) is 17.8 Å². The van der Waals surface area contributed by atoms with E-state index in [0.29, 0.717) is 5.92 Å². The fraction of sp³-hybridized carbons (Fsp3) is 0.0476. The Morgan fingerprint density at radius 2 is 0.984 bits per heavy atom. The zero-order valence-corrected chi connectivity index (χ0v) is 35.5. The van der Waals surface area contributed by atoms with E-state index in [1.807, 2.05) is 0 Å². The van der Waals surface area contributed by atoms with E-state index in [1.54, 1.807) is 0 Å². The second-order valence-corrected chi connectivity index (χ2v) is 17.2. The maximum absolute atomic E-state index is 2.46. The first-order valence-corrected chi connectivity index (χ1v) is 22.4. The molecule has 1 heteroatoms. The van der Waals surface area contributed by atoms with Crippen molar-refractivity contribution in [2.24, 2.45) is 0 Å². The molecule has 64 heavy (non-hydrogen) atoms. The van der Waals surface area contributed by atoms with Crippen LogP contribution in [0.15, 0.2) is 249 Å². The van der Waals surface area contributed by atoms with Crippen LogP contribution in [0.3, 0.4) is 0 Å². The lowest BCUT2D eigenvalue weighted by Gasteiger charge is -2.35. The molecular weight excluding hydrogens is 771 g/mol. The summed E-state index contributed by atoms with van der Waals surface area (Å²) in [5.74, 6) is 0.379. The van der Waals surface area contributed by atoms with Crippen molar-refractivity contribution in [3.63, 3.8) is 0 Å². The van der Waals surface area contributed by atoms with Gasteiger partial charge in [-0.15, -0.1) is 0 Å². The predicted molar refractivity (Wildman–Crippen MR) is 269 cm³/mol. The van der Waals surface area contributed by atoms with Gasteiger partial charge in [0, 0.05) is 22.7 Å². The van der Waals surface area contributed by atoms with Crippen LogP contribution in [0.1, 0.15) is 44.9 Å². The van der Waals surface area contributed by atoms with E-state index in [2.05, 4.69) is 260 Å². The van der Waals surface area contributed by atoms with Crippen LogP contribution in [0.5, 0.6) is 0 Å². The van der Waals surface area contributed by atoms with Crippen molar-refractivity contribution in [3.05, 3.63) is 288 Å². The molecule has 2 aliphatic rings. The standard InChI is InChI=1S/C63H45N/c1-4-15-45(16-5-1)49-35-39-56-50(31-32-51(56)42-49)41-44-27-29-46(30-28-44)47-33-36-54(37-34-47)64(62-26-14-18-48-17-10-11-23-57(48)62)55-38-40-59-58-24-12-13-25-60(58)63(61(59)43-55,52-19-6-2-7-20-52)53-21-8-3-9-22-53/h1-40,42-43,50H,41H2/t50-/m1/s1. The molecule has 10 aromatic carbocycles. The first kappa shape index (κ1) is 37.7. The number of nitrogens with zero attached hydrogens (tertiary/aromatic N) is 1. The largest absolute Gasteiger partial charge is 0.310 e. The average Bonchev–Trinajstić information content (AvgIpc) is 3.91. The molecule has 12 rings (SSSR count). The second-order valence-electron chi connectivity index (χ2n) is 17.2. The number of anilines is 3. The number of fused-ring (bicyclic) bond motifs is 5. The van der Waals surface area contributed by atoms with E-state index in [1.165, 1.54) is 83.1 Å². The average molecular weight is 816 g/mol. The minimum absolute atomic E-state index is 0.379. The van der Waals surface area contributed by atoms with Crippen LogP contribution in [0, 0.1) is 0 Å². The molecule has 0 spiro atoms. The van der Waals surface area contributed by atoms with Gasteiger partial charge in [-0.05, 0) is 121 Å². The molecule has 302 valence electrons. The second kappa shape index (κ2) is 15.7. The highest BCUT2D eigenvalue weighted by atomic mass is 15.1. The summed E-state index contributed by atoms with van der Waals surface area (Å²) in [5, 5.41) is 2.42. The number of hydrogen-bond donors (Lipinski definition) is 0. The first-order valence-electron chi connectivity index (χ1n) is 22.4. The summed E-state index contributed by atoms with van der Waals surface area (Å²) >= 11 is 0. The Labute approximate surface area is 375 Å². The molecule has 0 saturated carbocycles. The third-order valence-electron chi connectivity index (χ3n) is 13.7. The molecule has 0 unspecified atom stereocenters. The predicted octanol–water partition coefficient (Wildman–Crippen LogP) is 16.4. The molecule has 0 heterocycles. The molecular formula is C63H45N. The van der Waals surface area contributed by atoms with Gasteiger partial charge in [-0.2, -0.15) is 0 Å². The maximum Gasteiger partial charge on any atom is 0.0714 e. The number of benzene rings is 10. The Morgan fingerprint density at radius 3 is 1.73 bits per heavy atom. The van der Waals surface area contributed by atoms with E-state index < -0.39 is 5.41 Å². The van der Waals surface area contributed by atoms with Crippen LogP contribution in [-0.4, -0.2) is 0 Å². The molecule has 0 amide bonds. The number of allylic oxidation sites excluding steroid dienone is 1.